The minimum Gasteiger partial charge on any atom is -0.368 e. The first-order valence-corrected chi connectivity index (χ1v) is 11.9. The Bertz CT molecular complexity index is 1260. The fourth-order valence-corrected chi connectivity index (χ4v) is 4.90. The summed E-state index contributed by atoms with van der Waals surface area (Å²) in [5.74, 6) is -0.964. The van der Waals surface area contributed by atoms with Gasteiger partial charge in [0.25, 0.3) is 5.91 Å². The van der Waals surface area contributed by atoms with E-state index in [-0.39, 0.29) is 17.4 Å². The average Bonchev–Trinajstić information content (AvgIpc) is 3.30. The van der Waals surface area contributed by atoms with Crippen LogP contribution in [0.2, 0.25) is 5.02 Å². The van der Waals surface area contributed by atoms with Crippen molar-refractivity contribution < 1.29 is 14.3 Å². The predicted molar refractivity (Wildman–Crippen MR) is 136 cm³/mol. The number of aliphatic hydroxyl groups is 1. The molecule has 0 spiro atoms. The van der Waals surface area contributed by atoms with Crippen molar-refractivity contribution in [3.63, 3.8) is 0 Å². The zero-order chi connectivity index (χ0) is 24.2. The van der Waals surface area contributed by atoms with Gasteiger partial charge < -0.3 is 15.7 Å². The summed E-state index contributed by atoms with van der Waals surface area (Å²) in [6.07, 6.45) is 1.66. The fourth-order valence-electron chi connectivity index (χ4n) is 3.63. The Morgan fingerprint density at radius 1 is 1.26 bits per heavy atom. The van der Waals surface area contributed by atoms with Gasteiger partial charge in [0.15, 0.2) is 6.23 Å². The Labute approximate surface area is 206 Å². The van der Waals surface area contributed by atoms with Crippen LogP contribution in [-0.2, 0) is 11.3 Å². The molecule has 3 aromatic rings. The third-order valence-corrected chi connectivity index (χ3v) is 6.86. The molecule has 0 radical (unpaired) electrons. The highest BCUT2D eigenvalue weighted by atomic mass is 35.5. The van der Waals surface area contributed by atoms with Crippen molar-refractivity contribution >= 4 is 40.2 Å². The summed E-state index contributed by atoms with van der Waals surface area (Å²) in [4.78, 5) is 14.9. The van der Waals surface area contributed by atoms with Crippen molar-refractivity contribution in [2.45, 2.75) is 25.7 Å². The number of nitrogens with zero attached hydrogens (tertiary/aromatic N) is 2. The Morgan fingerprint density at radius 3 is 2.82 bits per heavy atom. The highest BCUT2D eigenvalue weighted by molar-refractivity contribution is 7.15. The maximum absolute atomic E-state index is 14.2. The molecule has 176 valence electrons. The van der Waals surface area contributed by atoms with Crippen LogP contribution in [0.3, 0.4) is 0 Å². The normalized spacial score (nSPS) is 16.3. The molecule has 0 aliphatic carbocycles. The molecule has 34 heavy (non-hydrogen) atoms. The summed E-state index contributed by atoms with van der Waals surface area (Å²) in [5.41, 5.74) is 2.34. The van der Waals surface area contributed by atoms with E-state index in [4.69, 9.17) is 11.6 Å². The number of amides is 1. The molecule has 4 rings (SSSR count). The summed E-state index contributed by atoms with van der Waals surface area (Å²) >= 11 is 7.75. The molecule has 0 saturated heterocycles. The van der Waals surface area contributed by atoms with Gasteiger partial charge in [-0.15, -0.1) is 11.3 Å². The highest BCUT2D eigenvalue weighted by Gasteiger charge is 2.24. The number of carbonyl (C=O) groups is 1. The number of nitrogens with one attached hydrogen (secondary N) is 2. The van der Waals surface area contributed by atoms with Gasteiger partial charge >= 0.3 is 0 Å². The topological polar surface area (TPSA) is 77.0 Å². The third kappa shape index (κ3) is 5.20. The van der Waals surface area contributed by atoms with Crippen LogP contribution in [0.5, 0.6) is 0 Å². The number of carbonyl (C=O) groups excluding carboxylic acids is 1. The maximum Gasteiger partial charge on any atom is 0.272 e. The van der Waals surface area contributed by atoms with E-state index in [1.807, 2.05) is 44.3 Å². The second-order valence-electron chi connectivity index (χ2n) is 7.78. The van der Waals surface area contributed by atoms with E-state index in [1.54, 1.807) is 23.5 Å². The molecule has 3 N–H and O–H groups in total. The predicted octanol–water partition coefficient (Wildman–Crippen LogP) is 4.86. The van der Waals surface area contributed by atoms with Gasteiger partial charge in [-0.2, -0.15) is 5.10 Å². The second-order valence-corrected chi connectivity index (χ2v) is 9.33. The van der Waals surface area contributed by atoms with Crippen LogP contribution in [0.1, 0.15) is 23.4 Å². The molecular formula is C25H24ClFN4O2S. The SMILES string of the molecule is CNCc1cc(Cl)ccc1-c1ccc([C@@H](C)NC(=O)C2=NN(c3ccccc3F)C(O)C=C2)s1. The Kier molecular flexibility index (Phi) is 7.43. The number of para-hydroxylation sites is 1. The molecule has 0 bridgehead atoms. The molecule has 1 aliphatic rings. The zero-order valence-electron chi connectivity index (χ0n) is 18.6. The van der Waals surface area contributed by atoms with Gasteiger partial charge in [-0.05, 0) is 73.6 Å². The van der Waals surface area contributed by atoms with Crippen LogP contribution in [0.25, 0.3) is 10.4 Å². The number of rotatable bonds is 7. The van der Waals surface area contributed by atoms with Gasteiger partial charge in [0.2, 0.25) is 0 Å². The number of halogens is 2. The number of aliphatic hydroxyl groups excluding tert-OH is 1. The van der Waals surface area contributed by atoms with Gasteiger partial charge in [-0.3, -0.25) is 4.79 Å². The summed E-state index contributed by atoms with van der Waals surface area (Å²) in [5, 5.41) is 22.3. The van der Waals surface area contributed by atoms with E-state index in [0.29, 0.717) is 11.6 Å². The smallest absolute Gasteiger partial charge is 0.272 e. The first-order chi connectivity index (χ1) is 16.4. The maximum atomic E-state index is 14.2. The molecule has 1 aromatic heterocycles. The largest absolute Gasteiger partial charge is 0.368 e. The summed E-state index contributed by atoms with van der Waals surface area (Å²) in [6.45, 7) is 2.58. The first-order valence-electron chi connectivity index (χ1n) is 10.7. The second kappa shape index (κ2) is 10.5. The summed E-state index contributed by atoms with van der Waals surface area (Å²) in [7, 11) is 1.89. The molecule has 1 unspecified atom stereocenters. The van der Waals surface area contributed by atoms with Gasteiger partial charge in [-0.25, -0.2) is 9.40 Å². The lowest BCUT2D eigenvalue weighted by Crippen LogP contribution is -2.39. The highest BCUT2D eigenvalue weighted by Crippen LogP contribution is 2.34. The molecule has 0 saturated carbocycles. The molecule has 1 aliphatic heterocycles. The van der Waals surface area contributed by atoms with Crippen molar-refractivity contribution in [2.75, 3.05) is 12.1 Å². The fraction of sp³-hybridized carbons (Fsp3) is 0.200. The molecule has 1 amide bonds. The summed E-state index contributed by atoms with van der Waals surface area (Å²) in [6, 6.07) is 15.5. The Hall–Kier alpha value is -3.04. The number of anilines is 1. The van der Waals surface area contributed by atoms with Crippen molar-refractivity contribution in [2.24, 2.45) is 5.10 Å². The van der Waals surface area contributed by atoms with E-state index in [0.717, 1.165) is 25.9 Å². The Balaban J connectivity index is 1.51. The van der Waals surface area contributed by atoms with Crippen LogP contribution < -0.4 is 15.6 Å². The van der Waals surface area contributed by atoms with E-state index in [2.05, 4.69) is 15.7 Å². The quantitative estimate of drug-likeness (QED) is 0.435. The van der Waals surface area contributed by atoms with Gasteiger partial charge in [0.05, 0.1) is 11.7 Å². The van der Waals surface area contributed by atoms with Crippen molar-refractivity contribution in [3.8, 4) is 10.4 Å². The van der Waals surface area contributed by atoms with Crippen LogP contribution in [0, 0.1) is 5.82 Å². The Morgan fingerprint density at radius 2 is 2.06 bits per heavy atom. The lowest BCUT2D eigenvalue weighted by molar-refractivity contribution is -0.115. The molecular weight excluding hydrogens is 475 g/mol. The van der Waals surface area contributed by atoms with Gasteiger partial charge in [-0.1, -0.05) is 29.8 Å². The van der Waals surface area contributed by atoms with Crippen molar-refractivity contribution in [3.05, 3.63) is 88.0 Å². The lowest BCUT2D eigenvalue weighted by Gasteiger charge is -2.27. The monoisotopic (exact) mass is 498 g/mol. The van der Waals surface area contributed by atoms with Crippen LogP contribution >= 0.6 is 22.9 Å². The third-order valence-electron chi connectivity index (χ3n) is 5.33. The summed E-state index contributed by atoms with van der Waals surface area (Å²) < 4.78 is 14.2. The molecule has 6 nitrogen and oxygen atoms in total. The number of hydrogen-bond acceptors (Lipinski definition) is 6. The number of thiophene rings is 1. The minimum absolute atomic E-state index is 0.0752. The number of hydrazone groups is 1. The van der Waals surface area contributed by atoms with Crippen molar-refractivity contribution in [1.29, 1.82) is 0 Å². The van der Waals surface area contributed by atoms with Gasteiger partial charge in [0, 0.05) is 21.3 Å². The molecule has 2 atom stereocenters. The zero-order valence-corrected chi connectivity index (χ0v) is 20.2. The number of benzene rings is 2. The average molecular weight is 499 g/mol. The van der Waals surface area contributed by atoms with E-state index < -0.39 is 18.0 Å². The molecule has 0 fully saturated rings. The van der Waals surface area contributed by atoms with Gasteiger partial charge in [0.1, 0.15) is 11.5 Å². The minimum atomic E-state index is -1.17. The standard InChI is InChI=1S/C25H24ClFN4O2S/c1-15(22-10-11-23(34-22)18-8-7-17(26)13-16(18)14-28-2)29-25(33)20-9-12-24(32)31(30-20)21-6-4-3-5-19(21)27/h3-13,15,24,28,32H,14H2,1-2H3,(H,29,33)/t15-,24?/m1/s1. The molecule has 2 heterocycles. The first kappa shape index (κ1) is 24.1. The van der Waals surface area contributed by atoms with E-state index in [1.165, 1.54) is 24.3 Å². The number of hydrogen-bond donors (Lipinski definition) is 3. The van der Waals surface area contributed by atoms with Crippen molar-refractivity contribution in [1.82, 2.24) is 10.6 Å². The molecule has 2 aromatic carbocycles. The lowest BCUT2D eigenvalue weighted by atomic mass is 10.1. The van der Waals surface area contributed by atoms with Crippen LogP contribution in [0.15, 0.2) is 71.9 Å². The van der Waals surface area contributed by atoms with Crippen LogP contribution in [0.4, 0.5) is 10.1 Å². The van der Waals surface area contributed by atoms with E-state index in [9.17, 15) is 14.3 Å². The molecule has 9 heteroatoms. The van der Waals surface area contributed by atoms with Crippen LogP contribution in [-0.4, -0.2) is 30.0 Å². The van der Waals surface area contributed by atoms with E-state index >= 15 is 0 Å².